The molecule has 1 aromatic heterocycles. The van der Waals surface area contributed by atoms with Crippen molar-refractivity contribution >= 4 is 6.03 Å². The van der Waals surface area contributed by atoms with Crippen LogP contribution in [0.2, 0.25) is 0 Å². The number of aliphatic hydroxyl groups is 1. The minimum atomic E-state index is -1.24. The lowest BCUT2D eigenvalue weighted by atomic mass is 10.0. The Morgan fingerprint density at radius 1 is 1.14 bits per heavy atom. The van der Waals surface area contributed by atoms with Crippen molar-refractivity contribution in [1.82, 2.24) is 10.6 Å². The molecule has 0 fully saturated rings. The molecule has 5 nitrogen and oxygen atoms in total. The third-order valence-electron chi connectivity index (χ3n) is 3.44. The molecule has 0 saturated heterocycles. The first-order valence-electron chi connectivity index (χ1n) is 7.23. The van der Waals surface area contributed by atoms with Gasteiger partial charge in [-0.1, -0.05) is 29.8 Å². The van der Waals surface area contributed by atoms with Gasteiger partial charge in [0.15, 0.2) is 0 Å². The Labute approximate surface area is 130 Å². The highest BCUT2D eigenvalue weighted by atomic mass is 16.4. The average Bonchev–Trinajstić information content (AvgIpc) is 2.92. The van der Waals surface area contributed by atoms with Gasteiger partial charge in [0.2, 0.25) is 0 Å². The second kappa shape index (κ2) is 6.66. The number of urea groups is 1. The summed E-state index contributed by atoms with van der Waals surface area (Å²) >= 11 is 0. The van der Waals surface area contributed by atoms with E-state index in [0.29, 0.717) is 12.3 Å². The third-order valence-corrected chi connectivity index (χ3v) is 3.44. The van der Waals surface area contributed by atoms with Gasteiger partial charge in [-0.25, -0.2) is 4.79 Å². The van der Waals surface area contributed by atoms with E-state index in [2.05, 4.69) is 10.6 Å². The van der Waals surface area contributed by atoms with Gasteiger partial charge in [-0.3, -0.25) is 0 Å². The van der Waals surface area contributed by atoms with Crippen LogP contribution in [0.1, 0.15) is 29.6 Å². The van der Waals surface area contributed by atoms with Crippen molar-refractivity contribution in [1.29, 1.82) is 0 Å². The van der Waals surface area contributed by atoms with Crippen LogP contribution in [0.4, 0.5) is 4.79 Å². The number of furan rings is 1. The van der Waals surface area contributed by atoms with Crippen LogP contribution >= 0.6 is 0 Å². The highest BCUT2D eigenvalue weighted by molar-refractivity contribution is 5.73. The number of aryl methyl sites for hydroxylation is 2. The van der Waals surface area contributed by atoms with Crippen molar-refractivity contribution < 1.29 is 14.3 Å². The van der Waals surface area contributed by atoms with Crippen molar-refractivity contribution in [3.8, 4) is 0 Å². The van der Waals surface area contributed by atoms with E-state index in [1.807, 2.05) is 31.2 Å². The van der Waals surface area contributed by atoms with Crippen molar-refractivity contribution in [2.45, 2.75) is 32.9 Å². The first-order valence-corrected chi connectivity index (χ1v) is 7.23. The lowest BCUT2D eigenvalue weighted by Crippen LogP contribution is -2.43. The van der Waals surface area contributed by atoms with Gasteiger partial charge in [-0.15, -0.1) is 0 Å². The highest BCUT2D eigenvalue weighted by Crippen LogP contribution is 2.21. The molecule has 1 aromatic carbocycles. The molecule has 0 saturated carbocycles. The quantitative estimate of drug-likeness (QED) is 0.795. The summed E-state index contributed by atoms with van der Waals surface area (Å²) in [5, 5.41) is 15.7. The lowest BCUT2D eigenvalue weighted by Gasteiger charge is -2.21. The fourth-order valence-electron chi connectivity index (χ4n) is 2.01. The van der Waals surface area contributed by atoms with E-state index in [-0.39, 0.29) is 12.6 Å². The molecule has 0 aliphatic heterocycles. The third kappa shape index (κ3) is 4.36. The number of amides is 2. The molecule has 2 amide bonds. The SMILES string of the molecule is Cc1ccc(CNC(=O)NCC(C)(O)c2ccc(C)o2)cc1. The van der Waals surface area contributed by atoms with Crippen LogP contribution in [0.5, 0.6) is 0 Å². The molecular formula is C17H22N2O3. The average molecular weight is 302 g/mol. The number of rotatable bonds is 5. The molecule has 0 bridgehead atoms. The molecule has 2 rings (SSSR count). The van der Waals surface area contributed by atoms with Crippen LogP contribution in [-0.4, -0.2) is 17.7 Å². The molecule has 0 spiro atoms. The van der Waals surface area contributed by atoms with E-state index in [1.165, 1.54) is 5.56 Å². The summed E-state index contributed by atoms with van der Waals surface area (Å²) in [5.41, 5.74) is 0.960. The monoisotopic (exact) mass is 302 g/mol. The maximum absolute atomic E-state index is 11.8. The molecule has 1 atom stereocenters. The van der Waals surface area contributed by atoms with Crippen molar-refractivity contribution in [2.75, 3.05) is 6.54 Å². The number of carbonyl (C=O) groups is 1. The Morgan fingerprint density at radius 3 is 2.41 bits per heavy atom. The van der Waals surface area contributed by atoms with E-state index < -0.39 is 5.60 Å². The Hall–Kier alpha value is -2.27. The van der Waals surface area contributed by atoms with E-state index >= 15 is 0 Å². The fourth-order valence-corrected chi connectivity index (χ4v) is 2.01. The topological polar surface area (TPSA) is 74.5 Å². The first-order chi connectivity index (χ1) is 10.4. The number of nitrogens with one attached hydrogen (secondary N) is 2. The molecule has 0 aliphatic rings. The van der Waals surface area contributed by atoms with Crippen molar-refractivity contribution in [3.05, 3.63) is 59.0 Å². The molecule has 118 valence electrons. The molecule has 2 aromatic rings. The predicted octanol–water partition coefficient (Wildman–Crippen LogP) is 2.60. The van der Waals surface area contributed by atoms with Gasteiger partial charge >= 0.3 is 6.03 Å². The second-order valence-corrected chi connectivity index (χ2v) is 5.71. The summed E-state index contributed by atoms with van der Waals surface area (Å²) in [6.45, 7) is 5.93. The van der Waals surface area contributed by atoms with E-state index in [0.717, 1.165) is 11.3 Å². The Balaban J connectivity index is 1.81. The van der Waals surface area contributed by atoms with Gasteiger partial charge in [-0.05, 0) is 38.5 Å². The zero-order chi connectivity index (χ0) is 16.2. The zero-order valence-corrected chi connectivity index (χ0v) is 13.1. The van der Waals surface area contributed by atoms with Gasteiger partial charge in [-0.2, -0.15) is 0 Å². The molecule has 0 aliphatic carbocycles. The summed E-state index contributed by atoms with van der Waals surface area (Å²) < 4.78 is 5.40. The van der Waals surface area contributed by atoms with Gasteiger partial charge < -0.3 is 20.2 Å². The molecule has 0 radical (unpaired) electrons. The molecule has 1 heterocycles. The molecule has 1 unspecified atom stereocenters. The largest absolute Gasteiger partial charge is 0.463 e. The lowest BCUT2D eigenvalue weighted by molar-refractivity contribution is 0.0360. The number of carbonyl (C=O) groups excluding carboxylic acids is 1. The van der Waals surface area contributed by atoms with Crippen LogP contribution in [0.3, 0.4) is 0 Å². The smallest absolute Gasteiger partial charge is 0.315 e. The van der Waals surface area contributed by atoms with E-state index in [1.54, 1.807) is 26.0 Å². The Bertz CT molecular complexity index is 630. The maximum atomic E-state index is 11.8. The summed E-state index contributed by atoms with van der Waals surface area (Å²) in [5.74, 6) is 1.16. The van der Waals surface area contributed by atoms with Crippen molar-refractivity contribution in [3.63, 3.8) is 0 Å². The van der Waals surface area contributed by atoms with Crippen LogP contribution in [0, 0.1) is 13.8 Å². The minimum Gasteiger partial charge on any atom is -0.463 e. The maximum Gasteiger partial charge on any atom is 0.315 e. The number of benzene rings is 1. The summed E-state index contributed by atoms with van der Waals surface area (Å²) in [6.07, 6.45) is 0. The zero-order valence-electron chi connectivity index (χ0n) is 13.1. The Kier molecular flexibility index (Phi) is 4.88. The number of hydrogen-bond donors (Lipinski definition) is 3. The highest BCUT2D eigenvalue weighted by Gasteiger charge is 2.27. The van der Waals surface area contributed by atoms with Gasteiger partial charge in [0.05, 0.1) is 6.54 Å². The van der Waals surface area contributed by atoms with Crippen LogP contribution in [-0.2, 0) is 12.1 Å². The second-order valence-electron chi connectivity index (χ2n) is 5.71. The summed E-state index contributed by atoms with van der Waals surface area (Å²) in [6, 6.07) is 11.1. The summed E-state index contributed by atoms with van der Waals surface area (Å²) in [4.78, 5) is 11.8. The van der Waals surface area contributed by atoms with Gasteiger partial charge in [0, 0.05) is 6.54 Å². The van der Waals surface area contributed by atoms with Crippen LogP contribution < -0.4 is 10.6 Å². The number of hydrogen-bond acceptors (Lipinski definition) is 3. The molecular weight excluding hydrogens is 280 g/mol. The van der Waals surface area contributed by atoms with E-state index in [4.69, 9.17) is 4.42 Å². The first kappa shape index (κ1) is 16.1. The minimum absolute atomic E-state index is 0.0691. The van der Waals surface area contributed by atoms with Gasteiger partial charge in [0.1, 0.15) is 17.1 Å². The normalized spacial score (nSPS) is 13.5. The molecule has 22 heavy (non-hydrogen) atoms. The standard InChI is InChI=1S/C17H22N2O3/c1-12-4-7-14(8-5-12)10-18-16(20)19-11-17(3,21)15-9-6-13(2)22-15/h4-9,21H,10-11H2,1-3H3,(H2,18,19,20). The van der Waals surface area contributed by atoms with Crippen molar-refractivity contribution in [2.24, 2.45) is 0 Å². The summed E-state index contributed by atoms with van der Waals surface area (Å²) in [7, 11) is 0. The van der Waals surface area contributed by atoms with E-state index in [9.17, 15) is 9.90 Å². The molecule has 5 heteroatoms. The van der Waals surface area contributed by atoms with Crippen LogP contribution in [0.15, 0.2) is 40.8 Å². The van der Waals surface area contributed by atoms with Crippen LogP contribution in [0.25, 0.3) is 0 Å². The fraction of sp³-hybridized carbons (Fsp3) is 0.353. The molecule has 3 N–H and O–H groups in total. The predicted molar refractivity (Wildman–Crippen MR) is 84.4 cm³/mol. The van der Waals surface area contributed by atoms with Gasteiger partial charge in [0.25, 0.3) is 0 Å². The Morgan fingerprint density at radius 2 is 1.82 bits per heavy atom.